The van der Waals surface area contributed by atoms with Crippen LogP contribution in [-0.4, -0.2) is 33.8 Å². The summed E-state index contributed by atoms with van der Waals surface area (Å²) in [5.41, 5.74) is 3.09. The Morgan fingerprint density at radius 2 is 1.74 bits per heavy atom. The molecule has 0 radical (unpaired) electrons. The molecule has 0 heterocycles. The fraction of sp³-hybridized carbons (Fsp3) is 0.562. The van der Waals surface area contributed by atoms with Gasteiger partial charge in [-0.2, -0.15) is 0 Å². The van der Waals surface area contributed by atoms with Crippen molar-refractivity contribution in [3.05, 3.63) is 29.3 Å². The van der Waals surface area contributed by atoms with E-state index in [1.165, 1.54) is 5.56 Å². The van der Waals surface area contributed by atoms with E-state index in [1.54, 1.807) is 0 Å². The Morgan fingerprint density at radius 1 is 1.09 bits per heavy atom. The summed E-state index contributed by atoms with van der Waals surface area (Å²) in [4.78, 5) is 11.9. The van der Waals surface area contributed by atoms with Gasteiger partial charge in [-0.1, -0.05) is 39.8 Å². The molecule has 0 aliphatic rings. The van der Waals surface area contributed by atoms with E-state index in [0.717, 1.165) is 17.5 Å². The number of sulfonamides is 1. The summed E-state index contributed by atoms with van der Waals surface area (Å²) in [6.45, 7) is 8.81. The molecule has 0 saturated heterocycles. The standard InChI is InChI=1S/C16H27N3O3S/c1-11(2)13-6-7-15(14(10-13)12(3)4)19-16(20)17-8-9-18-23(5,21)22/h6-7,10-12,18H,8-9H2,1-5H3,(H2,17,19,20). The molecule has 23 heavy (non-hydrogen) atoms. The van der Waals surface area contributed by atoms with E-state index in [2.05, 4.69) is 49.1 Å². The third kappa shape index (κ3) is 7.00. The van der Waals surface area contributed by atoms with Crippen molar-refractivity contribution in [2.45, 2.75) is 39.5 Å². The second-order valence-corrected chi connectivity index (χ2v) is 8.04. The number of urea groups is 1. The Labute approximate surface area is 139 Å². The van der Waals surface area contributed by atoms with E-state index in [0.29, 0.717) is 5.92 Å². The summed E-state index contributed by atoms with van der Waals surface area (Å²) in [5, 5.41) is 5.46. The van der Waals surface area contributed by atoms with Crippen LogP contribution in [0.1, 0.15) is 50.7 Å². The number of anilines is 1. The van der Waals surface area contributed by atoms with Crippen molar-refractivity contribution in [1.82, 2.24) is 10.0 Å². The minimum atomic E-state index is -3.23. The summed E-state index contributed by atoms with van der Waals surface area (Å²) in [5.74, 6) is 0.716. The zero-order valence-corrected chi connectivity index (χ0v) is 15.3. The second kappa shape index (κ2) is 8.31. The zero-order chi connectivity index (χ0) is 17.6. The van der Waals surface area contributed by atoms with Gasteiger partial charge in [0.15, 0.2) is 0 Å². The normalized spacial score (nSPS) is 11.8. The van der Waals surface area contributed by atoms with Crippen molar-refractivity contribution in [3.63, 3.8) is 0 Å². The monoisotopic (exact) mass is 341 g/mol. The molecule has 1 aromatic carbocycles. The van der Waals surface area contributed by atoms with Gasteiger partial charge in [-0.25, -0.2) is 17.9 Å². The molecule has 6 nitrogen and oxygen atoms in total. The summed E-state index contributed by atoms with van der Waals surface area (Å²) in [6.07, 6.45) is 1.08. The van der Waals surface area contributed by atoms with Crippen molar-refractivity contribution in [2.75, 3.05) is 24.7 Å². The lowest BCUT2D eigenvalue weighted by atomic mass is 9.94. The number of hydrogen-bond acceptors (Lipinski definition) is 3. The van der Waals surface area contributed by atoms with E-state index in [9.17, 15) is 13.2 Å². The molecule has 2 amide bonds. The minimum Gasteiger partial charge on any atom is -0.337 e. The van der Waals surface area contributed by atoms with Crippen LogP contribution in [0.15, 0.2) is 18.2 Å². The van der Waals surface area contributed by atoms with Crippen molar-refractivity contribution >= 4 is 21.7 Å². The van der Waals surface area contributed by atoms with E-state index >= 15 is 0 Å². The molecule has 1 rings (SSSR count). The highest BCUT2D eigenvalue weighted by atomic mass is 32.2. The van der Waals surface area contributed by atoms with Crippen LogP contribution in [0.3, 0.4) is 0 Å². The number of rotatable bonds is 7. The largest absolute Gasteiger partial charge is 0.337 e. The molecule has 3 N–H and O–H groups in total. The van der Waals surface area contributed by atoms with Gasteiger partial charge >= 0.3 is 6.03 Å². The first kappa shape index (κ1) is 19.4. The minimum absolute atomic E-state index is 0.162. The maximum Gasteiger partial charge on any atom is 0.319 e. The number of hydrogen-bond donors (Lipinski definition) is 3. The van der Waals surface area contributed by atoms with Crippen LogP contribution in [-0.2, 0) is 10.0 Å². The fourth-order valence-corrected chi connectivity index (χ4v) is 2.58. The van der Waals surface area contributed by atoms with E-state index in [4.69, 9.17) is 0 Å². The molecule has 0 aromatic heterocycles. The van der Waals surface area contributed by atoms with Crippen LogP contribution < -0.4 is 15.4 Å². The SMILES string of the molecule is CC(C)c1ccc(NC(=O)NCCNS(C)(=O)=O)c(C(C)C)c1. The van der Waals surface area contributed by atoms with Gasteiger partial charge in [0.2, 0.25) is 10.0 Å². The zero-order valence-electron chi connectivity index (χ0n) is 14.4. The summed E-state index contributed by atoms with van der Waals surface area (Å²) in [6, 6.07) is 5.70. The Hall–Kier alpha value is -1.60. The Morgan fingerprint density at radius 3 is 2.26 bits per heavy atom. The number of benzene rings is 1. The van der Waals surface area contributed by atoms with Gasteiger partial charge in [0.05, 0.1) is 6.26 Å². The van der Waals surface area contributed by atoms with Crippen molar-refractivity contribution in [3.8, 4) is 0 Å². The number of nitrogens with one attached hydrogen (secondary N) is 3. The lowest BCUT2D eigenvalue weighted by Gasteiger charge is -2.17. The molecule has 0 saturated carbocycles. The highest BCUT2D eigenvalue weighted by Crippen LogP contribution is 2.28. The molecular formula is C16H27N3O3S. The molecule has 0 spiro atoms. The predicted molar refractivity (Wildman–Crippen MR) is 94.5 cm³/mol. The quantitative estimate of drug-likeness (QED) is 0.666. The number of carbonyl (C=O) groups is 1. The topological polar surface area (TPSA) is 87.3 Å². The smallest absolute Gasteiger partial charge is 0.319 e. The fourth-order valence-electron chi connectivity index (χ4n) is 2.11. The second-order valence-electron chi connectivity index (χ2n) is 6.20. The summed E-state index contributed by atoms with van der Waals surface area (Å²) >= 11 is 0. The van der Waals surface area contributed by atoms with Crippen LogP contribution in [0.2, 0.25) is 0 Å². The molecule has 1 aromatic rings. The van der Waals surface area contributed by atoms with E-state index < -0.39 is 10.0 Å². The van der Waals surface area contributed by atoms with Gasteiger partial charge in [0.1, 0.15) is 0 Å². The Bertz CT molecular complexity index is 640. The highest BCUT2D eigenvalue weighted by Gasteiger charge is 2.12. The van der Waals surface area contributed by atoms with Crippen molar-refractivity contribution in [2.24, 2.45) is 0 Å². The molecule has 0 atom stereocenters. The van der Waals surface area contributed by atoms with Gasteiger partial charge in [0, 0.05) is 18.8 Å². The molecule has 0 unspecified atom stereocenters. The van der Waals surface area contributed by atoms with Gasteiger partial charge in [-0.05, 0) is 29.0 Å². The highest BCUT2D eigenvalue weighted by molar-refractivity contribution is 7.88. The third-order valence-corrected chi connectivity index (χ3v) is 4.12. The molecule has 130 valence electrons. The summed E-state index contributed by atoms with van der Waals surface area (Å²) < 4.78 is 24.2. The lowest BCUT2D eigenvalue weighted by molar-refractivity contribution is 0.252. The van der Waals surface area contributed by atoms with E-state index in [-0.39, 0.29) is 25.0 Å². The van der Waals surface area contributed by atoms with Gasteiger partial charge < -0.3 is 10.6 Å². The Kier molecular flexibility index (Phi) is 7.02. The lowest BCUT2D eigenvalue weighted by Crippen LogP contribution is -2.36. The predicted octanol–water partition coefficient (Wildman–Crippen LogP) is 2.60. The summed E-state index contributed by atoms with van der Waals surface area (Å²) in [7, 11) is -3.23. The van der Waals surface area contributed by atoms with Gasteiger partial charge in [-0.3, -0.25) is 0 Å². The molecule has 0 bridgehead atoms. The molecule has 0 aliphatic heterocycles. The van der Waals surface area contributed by atoms with Gasteiger partial charge in [-0.15, -0.1) is 0 Å². The van der Waals surface area contributed by atoms with Crippen LogP contribution in [0.4, 0.5) is 10.5 Å². The molecular weight excluding hydrogens is 314 g/mol. The van der Waals surface area contributed by atoms with Crippen LogP contribution in [0.5, 0.6) is 0 Å². The maximum absolute atomic E-state index is 11.9. The van der Waals surface area contributed by atoms with E-state index in [1.807, 2.05) is 12.1 Å². The first-order valence-electron chi connectivity index (χ1n) is 7.73. The first-order valence-corrected chi connectivity index (χ1v) is 9.62. The molecule has 7 heteroatoms. The Balaban J connectivity index is 2.67. The van der Waals surface area contributed by atoms with Crippen LogP contribution in [0.25, 0.3) is 0 Å². The van der Waals surface area contributed by atoms with Gasteiger partial charge in [0.25, 0.3) is 0 Å². The van der Waals surface area contributed by atoms with Crippen molar-refractivity contribution in [1.29, 1.82) is 0 Å². The average molecular weight is 341 g/mol. The molecule has 0 fully saturated rings. The average Bonchev–Trinajstić information content (AvgIpc) is 2.42. The van der Waals surface area contributed by atoms with Crippen LogP contribution in [0, 0.1) is 0 Å². The number of amides is 2. The van der Waals surface area contributed by atoms with Crippen molar-refractivity contribution < 1.29 is 13.2 Å². The maximum atomic E-state index is 11.9. The number of carbonyl (C=O) groups excluding carboxylic acids is 1. The van der Waals surface area contributed by atoms with Crippen LogP contribution >= 0.6 is 0 Å². The molecule has 0 aliphatic carbocycles. The first-order chi connectivity index (χ1) is 10.6. The third-order valence-electron chi connectivity index (χ3n) is 3.39.